The summed E-state index contributed by atoms with van der Waals surface area (Å²) in [5.74, 6) is -0.290. The monoisotopic (exact) mass is 585 g/mol. The summed E-state index contributed by atoms with van der Waals surface area (Å²) in [6, 6.07) is 25.3. The Bertz CT molecular complexity index is 1760. The Hall–Kier alpha value is -5.31. The highest BCUT2D eigenvalue weighted by atomic mass is 16.2. The van der Waals surface area contributed by atoms with E-state index in [1.807, 2.05) is 85.6 Å². The maximum atomic E-state index is 14.5. The second-order valence-corrected chi connectivity index (χ2v) is 11.1. The summed E-state index contributed by atoms with van der Waals surface area (Å²) in [6.45, 7) is 3.36. The van der Waals surface area contributed by atoms with E-state index in [1.165, 1.54) is 5.56 Å². The van der Waals surface area contributed by atoms with Gasteiger partial charge in [0.1, 0.15) is 6.04 Å². The molecule has 0 unspecified atom stereocenters. The average molecular weight is 586 g/mol. The van der Waals surface area contributed by atoms with Crippen molar-refractivity contribution in [2.45, 2.75) is 38.9 Å². The molecule has 2 aromatic heterocycles. The largest absolute Gasteiger partial charge is 0.336 e. The molecule has 1 aliphatic heterocycles. The number of amides is 2. The van der Waals surface area contributed by atoms with Gasteiger partial charge >= 0.3 is 0 Å². The van der Waals surface area contributed by atoms with Crippen molar-refractivity contribution in [2.75, 3.05) is 6.54 Å². The molecular formula is C35H35N7O2. The van der Waals surface area contributed by atoms with Crippen molar-refractivity contribution >= 4 is 17.9 Å². The highest BCUT2D eigenvalue weighted by Crippen LogP contribution is 2.23. The second-order valence-electron chi connectivity index (χ2n) is 11.1. The number of nitrogens with zero attached hydrogens (tertiary/aromatic N) is 7. The van der Waals surface area contributed by atoms with Gasteiger partial charge in [0.25, 0.3) is 0 Å². The average Bonchev–Trinajstić information content (AvgIpc) is 3.72. The van der Waals surface area contributed by atoms with Gasteiger partial charge in [-0.25, -0.2) is 4.68 Å². The van der Waals surface area contributed by atoms with Gasteiger partial charge in [-0.05, 0) is 53.8 Å². The van der Waals surface area contributed by atoms with Crippen molar-refractivity contribution in [3.05, 3.63) is 137 Å². The summed E-state index contributed by atoms with van der Waals surface area (Å²) in [7, 11) is 1.87. The van der Waals surface area contributed by atoms with E-state index in [-0.39, 0.29) is 18.4 Å². The van der Waals surface area contributed by atoms with Crippen molar-refractivity contribution in [3.63, 3.8) is 0 Å². The number of aromatic nitrogens is 5. The topological polar surface area (TPSA) is 89.2 Å². The van der Waals surface area contributed by atoms with Gasteiger partial charge in [0.2, 0.25) is 11.8 Å². The normalized spacial score (nSPS) is 13.5. The number of hydrogen-bond donors (Lipinski definition) is 0. The van der Waals surface area contributed by atoms with Crippen molar-refractivity contribution in [2.24, 2.45) is 7.05 Å². The number of benzene rings is 3. The van der Waals surface area contributed by atoms with Crippen LogP contribution in [0.4, 0.5) is 0 Å². The third-order valence-electron chi connectivity index (χ3n) is 8.31. The summed E-state index contributed by atoms with van der Waals surface area (Å²) < 4.78 is 3.45. The molecule has 222 valence electrons. The fourth-order valence-electron chi connectivity index (χ4n) is 5.64. The number of carbonyl (C=O) groups is 2. The predicted octanol–water partition coefficient (Wildman–Crippen LogP) is 4.55. The molecule has 0 bridgehead atoms. The van der Waals surface area contributed by atoms with Crippen LogP contribution in [0.2, 0.25) is 0 Å². The SMILES string of the molecule is Cc1c(C=CC(=O)N(Cc2ccc(-n3ccnn3)cc2)[C@@H](Cc2ccccc2)C(=O)N2CCc3ccccc3C2)cnn1C. The fourth-order valence-corrected chi connectivity index (χ4v) is 5.64. The van der Waals surface area contributed by atoms with Crippen LogP contribution in [0, 0.1) is 6.92 Å². The van der Waals surface area contributed by atoms with Gasteiger partial charge in [-0.15, -0.1) is 5.10 Å². The molecule has 9 nitrogen and oxygen atoms in total. The summed E-state index contributed by atoms with van der Waals surface area (Å²) in [6.07, 6.45) is 9.68. The fraction of sp³-hybridized carbons (Fsp3) is 0.229. The third kappa shape index (κ3) is 6.36. The van der Waals surface area contributed by atoms with Crippen molar-refractivity contribution < 1.29 is 9.59 Å². The summed E-state index contributed by atoms with van der Waals surface area (Å²) in [5.41, 5.74) is 6.99. The first-order valence-corrected chi connectivity index (χ1v) is 14.8. The molecule has 2 amide bonds. The lowest BCUT2D eigenvalue weighted by atomic mass is 9.97. The first-order valence-electron chi connectivity index (χ1n) is 14.8. The van der Waals surface area contributed by atoms with E-state index < -0.39 is 6.04 Å². The molecule has 0 radical (unpaired) electrons. The molecule has 0 saturated carbocycles. The van der Waals surface area contributed by atoms with E-state index in [0.29, 0.717) is 19.5 Å². The van der Waals surface area contributed by atoms with Crippen LogP contribution in [0.1, 0.15) is 33.5 Å². The molecular weight excluding hydrogens is 550 g/mol. The molecule has 9 heteroatoms. The maximum Gasteiger partial charge on any atom is 0.247 e. The van der Waals surface area contributed by atoms with Gasteiger partial charge in [-0.1, -0.05) is 71.9 Å². The van der Waals surface area contributed by atoms with Gasteiger partial charge in [0.05, 0.1) is 24.3 Å². The number of hydrogen-bond acceptors (Lipinski definition) is 5. The minimum Gasteiger partial charge on any atom is -0.336 e. The maximum absolute atomic E-state index is 14.5. The Morgan fingerprint density at radius 3 is 2.41 bits per heavy atom. The molecule has 44 heavy (non-hydrogen) atoms. The predicted molar refractivity (Wildman–Crippen MR) is 168 cm³/mol. The van der Waals surface area contributed by atoms with E-state index >= 15 is 0 Å². The molecule has 0 fully saturated rings. The lowest BCUT2D eigenvalue weighted by Crippen LogP contribution is -2.52. The lowest BCUT2D eigenvalue weighted by Gasteiger charge is -2.37. The van der Waals surface area contributed by atoms with E-state index in [1.54, 1.807) is 45.0 Å². The molecule has 5 aromatic rings. The highest BCUT2D eigenvalue weighted by Gasteiger charge is 2.34. The third-order valence-corrected chi connectivity index (χ3v) is 8.31. The Kier molecular flexibility index (Phi) is 8.45. The number of rotatable bonds is 9. The zero-order valence-electron chi connectivity index (χ0n) is 25.0. The quantitative estimate of drug-likeness (QED) is 0.237. The molecule has 0 saturated heterocycles. The van der Waals surface area contributed by atoms with Crippen LogP contribution in [0.5, 0.6) is 0 Å². The Morgan fingerprint density at radius 2 is 1.70 bits per heavy atom. The van der Waals surface area contributed by atoms with E-state index in [0.717, 1.165) is 40.1 Å². The van der Waals surface area contributed by atoms with Crippen LogP contribution in [-0.4, -0.2) is 59.0 Å². The van der Waals surface area contributed by atoms with Crippen molar-refractivity contribution in [3.8, 4) is 5.69 Å². The van der Waals surface area contributed by atoms with Crippen LogP contribution in [0.25, 0.3) is 11.8 Å². The van der Waals surface area contributed by atoms with E-state index in [2.05, 4.69) is 27.5 Å². The zero-order chi connectivity index (χ0) is 30.5. The molecule has 0 spiro atoms. The minimum absolute atomic E-state index is 0.0538. The Balaban J connectivity index is 1.35. The van der Waals surface area contributed by atoms with Crippen LogP contribution in [0.15, 0.2) is 104 Å². The minimum atomic E-state index is -0.704. The van der Waals surface area contributed by atoms with Crippen LogP contribution >= 0.6 is 0 Å². The van der Waals surface area contributed by atoms with Gasteiger partial charge in [-0.3, -0.25) is 14.3 Å². The van der Waals surface area contributed by atoms with Gasteiger partial charge in [0.15, 0.2) is 0 Å². The molecule has 3 heterocycles. The second kappa shape index (κ2) is 12.9. The van der Waals surface area contributed by atoms with E-state index in [4.69, 9.17) is 0 Å². The van der Waals surface area contributed by atoms with Gasteiger partial charge < -0.3 is 9.80 Å². The Labute approximate surface area is 257 Å². The van der Waals surface area contributed by atoms with Crippen LogP contribution < -0.4 is 0 Å². The lowest BCUT2D eigenvalue weighted by molar-refractivity contribution is -0.144. The summed E-state index contributed by atoms with van der Waals surface area (Å²) in [5, 5.41) is 12.3. The standard InChI is InChI=1S/C35H35N7O2/c1-26-30(23-37-39(26)2)14-17-34(43)41(24-28-12-15-32(16-13-28)42-21-19-36-38-42)33(22-27-8-4-3-5-9-27)35(44)40-20-18-29-10-6-7-11-31(29)25-40/h3-17,19,21,23,33H,18,20,22,24-25H2,1-2H3/t33-/m0/s1. The highest BCUT2D eigenvalue weighted by molar-refractivity contribution is 5.96. The molecule has 0 aliphatic carbocycles. The van der Waals surface area contributed by atoms with E-state index in [9.17, 15) is 9.59 Å². The summed E-state index contributed by atoms with van der Waals surface area (Å²) in [4.78, 5) is 32.2. The van der Waals surface area contributed by atoms with Gasteiger partial charge in [-0.2, -0.15) is 5.10 Å². The molecule has 1 atom stereocenters. The first kappa shape index (κ1) is 28.8. The smallest absolute Gasteiger partial charge is 0.247 e. The molecule has 3 aromatic carbocycles. The summed E-state index contributed by atoms with van der Waals surface area (Å²) >= 11 is 0. The molecule has 0 N–H and O–H groups in total. The number of fused-ring (bicyclic) bond motifs is 1. The number of carbonyl (C=O) groups excluding carboxylic acids is 2. The van der Waals surface area contributed by atoms with Crippen molar-refractivity contribution in [1.29, 1.82) is 0 Å². The molecule has 6 rings (SSSR count). The van der Waals surface area contributed by atoms with Crippen LogP contribution in [-0.2, 0) is 42.6 Å². The molecule has 1 aliphatic rings. The zero-order valence-corrected chi connectivity index (χ0v) is 25.0. The Morgan fingerprint density at radius 1 is 0.955 bits per heavy atom. The van der Waals surface area contributed by atoms with Crippen LogP contribution in [0.3, 0.4) is 0 Å². The number of aryl methyl sites for hydroxylation is 1. The first-order chi connectivity index (χ1) is 21.5. The van der Waals surface area contributed by atoms with Gasteiger partial charge in [0, 0.05) is 50.4 Å². The van der Waals surface area contributed by atoms with Crippen molar-refractivity contribution in [1.82, 2.24) is 34.6 Å².